The van der Waals surface area contributed by atoms with Gasteiger partial charge in [-0.25, -0.2) is 0 Å². The van der Waals surface area contributed by atoms with Crippen molar-refractivity contribution in [3.8, 4) is 5.75 Å². The number of benzene rings is 1. The number of piperazine rings is 1. The molecular weight excluding hydrogens is 214 g/mol. The van der Waals surface area contributed by atoms with Crippen molar-refractivity contribution in [2.75, 3.05) is 37.7 Å². The molecule has 1 heterocycles. The first-order valence-electron chi connectivity index (χ1n) is 6.25. The van der Waals surface area contributed by atoms with Crippen LogP contribution in [-0.2, 0) is 0 Å². The summed E-state index contributed by atoms with van der Waals surface area (Å²) >= 11 is 0. The van der Waals surface area contributed by atoms with Crippen LogP contribution in [0.1, 0.15) is 6.92 Å². The quantitative estimate of drug-likeness (QED) is 0.811. The summed E-state index contributed by atoms with van der Waals surface area (Å²) in [5.41, 5.74) is 6.90. The van der Waals surface area contributed by atoms with Crippen molar-refractivity contribution in [1.82, 2.24) is 5.32 Å². The fourth-order valence-electron chi connectivity index (χ4n) is 2.20. The molecule has 3 N–H and O–H groups in total. The van der Waals surface area contributed by atoms with Gasteiger partial charge in [-0.15, -0.1) is 0 Å². The fraction of sp³-hybridized carbons (Fsp3) is 0.538. The van der Waals surface area contributed by atoms with Gasteiger partial charge in [-0.3, -0.25) is 0 Å². The minimum atomic E-state index is 0.374. The lowest BCUT2D eigenvalue weighted by Crippen LogP contribution is -2.53. The number of ether oxygens (including phenoxy) is 1. The average Bonchev–Trinajstić information content (AvgIpc) is 2.40. The molecule has 1 aliphatic rings. The normalized spacial score (nSPS) is 20.4. The number of rotatable bonds is 4. The molecule has 0 radical (unpaired) electrons. The number of hydrogen-bond donors (Lipinski definition) is 2. The van der Waals surface area contributed by atoms with Gasteiger partial charge in [-0.05, 0) is 19.1 Å². The average molecular weight is 235 g/mol. The van der Waals surface area contributed by atoms with E-state index in [1.165, 1.54) is 5.69 Å². The number of nitrogens with two attached hydrogens (primary N) is 1. The van der Waals surface area contributed by atoms with E-state index < -0.39 is 0 Å². The van der Waals surface area contributed by atoms with E-state index in [-0.39, 0.29) is 0 Å². The lowest BCUT2D eigenvalue weighted by Gasteiger charge is -2.35. The predicted octanol–water partition coefficient (Wildman–Crippen LogP) is 0.822. The van der Waals surface area contributed by atoms with Crippen LogP contribution in [0, 0.1) is 0 Å². The molecular formula is C13H21N3O. The summed E-state index contributed by atoms with van der Waals surface area (Å²) in [6.45, 7) is 6.30. The molecule has 1 aromatic carbocycles. The highest BCUT2D eigenvalue weighted by molar-refractivity contribution is 5.58. The fourth-order valence-corrected chi connectivity index (χ4v) is 2.20. The number of anilines is 1. The van der Waals surface area contributed by atoms with Crippen LogP contribution in [-0.4, -0.2) is 38.8 Å². The third kappa shape index (κ3) is 2.90. The van der Waals surface area contributed by atoms with E-state index >= 15 is 0 Å². The second-order valence-electron chi connectivity index (χ2n) is 4.23. The molecule has 2 rings (SSSR count). The summed E-state index contributed by atoms with van der Waals surface area (Å²) in [6, 6.07) is 8.58. The zero-order valence-electron chi connectivity index (χ0n) is 10.4. The zero-order chi connectivity index (χ0) is 12.1. The second kappa shape index (κ2) is 5.89. The van der Waals surface area contributed by atoms with Gasteiger partial charge >= 0.3 is 0 Å². The Balaban J connectivity index is 2.15. The number of hydrogen-bond acceptors (Lipinski definition) is 4. The Bertz CT molecular complexity index is 356. The van der Waals surface area contributed by atoms with Crippen LogP contribution in [0.5, 0.6) is 5.75 Å². The van der Waals surface area contributed by atoms with Gasteiger partial charge in [0, 0.05) is 32.2 Å². The maximum absolute atomic E-state index is 5.72. The minimum Gasteiger partial charge on any atom is -0.492 e. The number of para-hydroxylation sites is 2. The van der Waals surface area contributed by atoms with E-state index in [1.807, 2.05) is 19.1 Å². The Labute approximate surface area is 103 Å². The Morgan fingerprint density at radius 3 is 3.06 bits per heavy atom. The van der Waals surface area contributed by atoms with Gasteiger partial charge in [-0.2, -0.15) is 0 Å². The van der Waals surface area contributed by atoms with Crippen molar-refractivity contribution in [3.63, 3.8) is 0 Å². The standard InChI is InChI=1S/C13H21N3O/c1-2-17-13-6-4-3-5-12(13)16-8-7-15-11(9-14)10-16/h3-6,11,15H,2,7-10,14H2,1H3. The molecule has 0 bridgehead atoms. The van der Waals surface area contributed by atoms with Gasteiger partial charge in [0.2, 0.25) is 0 Å². The molecule has 0 aliphatic carbocycles. The summed E-state index contributed by atoms with van der Waals surface area (Å²) in [4.78, 5) is 2.35. The van der Waals surface area contributed by atoms with Crippen LogP contribution >= 0.6 is 0 Å². The molecule has 0 aromatic heterocycles. The molecule has 1 aromatic rings. The monoisotopic (exact) mass is 235 g/mol. The lowest BCUT2D eigenvalue weighted by molar-refractivity contribution is 0.339. The molecule has 1 fully saturated rings. The summed E-state index contributed by atoms with van der Waals surface area (Å²) in [5.74, 6) is 0.965. The summed E-state index contributed by atoms with van der Waals surface area (Å²) in [5, 5.41) is 3.41. The highest BCUT2D eigenvalue weighted by Crippen LogP contribution is 2.28. The summed E-state index contributed by atoms with van der Waals surface area (Å²) in [6.07, 6.45) is 0. The van der Waals surface area contributed by atoms with E-state index in [4.69, 9.17) is 10.5 Å². The van der Waals surface area contributed by atoms with Crippen LogP contribution in [0.25, 0.3) is 0 Å². The molecule has 4 heteroatoms. The van der Waals surface area contributed by atoms with Gasteiger partial charge in [0.15, 0.2) is 0 Å². The zero-order valence-corrected chi connectivity index (χ0v) is 10.4. The van der Waals surface area contributed by atoms with Crippen LogP contribution in [0.15, 0.2) is 24.3 Å². The number of nitrogens with one attached hydrogen (secondary N) is 1. The van der Waals surface area contributed by atoms with Crippen molar-refractivity contribution >= 4 is 5.69 Å². The van der Waals surface area contributed by atoms with Gasteiger partial charge in [-0.1, -0.05) is 12.1 Å². The Morgan fingerprint density at radius 1 is 1.47 bits per heavy atom. The topological polar surface area (TPSA) is 50.5 Å². The van der Waals surface area contributed by atoms with E-state index in [0.29, 0.717) is 19.2 Å². The Morgan fingerprint density at radius 2 is 2.29 bits per heavy atom. The first-order valence-corrected chi connectivity index (χ1v) is 6.25. The highest BCUT2D eigenvalue weighted by atomic mass is 16.5. The van der Waals surface area contributed by atoms with Crippen molar-refractivity contribution in [3.05, 3.63) is 24.3 Å². The van der Waals surface area contributed by atoms with Crippen molar-refractivity contribution < 1.29 is 4.74 Å². The molecule has 1 saturated heterocycles. The number of nitrogens with zero attached hydrogens (tertiary/aromatic N) is 1. The maximum atomic E-state index is 5.72. The molecule has 4 nitrogen and oxygen atoms in total. The predicted molar refractivity (Wildman–Crippen MR) is 70.7 cm³/mol. The van der Waals surface area contributed by atoms with Crippen LogP contribution in [0.2, 0.25) is 0 Å². The SMILES string of the molecule is CCOc1ccccc1N1CCNC(CN)C1. The molecule has 0 saturated carbocycles. The van der Waals surface area contributed by atoms with Crippen LogP contribution < -0.4 is 20.7 Å². The van der Waals surface area contributed by atoms with Crippen molar-refractivity contribution in [2.45, 2.75) is 13.0 Å². The molecule has 94 valence electrons. The van der Waals surface area contributed by atoms with E-state index in [1.54, 1.807) is 0 Å². The first kappa shape index (κ1) is 12.2. The molecule has 0 spiro atoms. The largest absolute Gasteiger partial charge is 0.492 e. The van der Waals surface area contributed by atoms with E-state index in [2.05, 4.69) is 22.3 Å². The Kier molecular flexibility index (Phi) is 4.23. The first-order chi connectivity index (χ1) is 8.35. The Hall–Kier alpha value is -1.26. The van der Waals surface area contributed by atoms with Crippen LogP contribution in [0.3, 0.4) is 0 Å². The van der Waals surface area contributed by atoms with Crippen molar-refractivity contribution in [1.29, 1.82) is 0 Å². The minimum absolute atomic E-state index is 0.374. The van der Waals surface area contributed by atoms with Gasteiger partial charge in [0.05, 0.1) is 12.3 Å². The molecule has 0 amide bonds. The van der Waals surface area contributed by atoms with E-state index in [0.717, 1.165) is 25.4 Å². The third-order valence-electron chi connectivity index (χ3n) is 3.05. The maximum Gasteiger partial charge on any atom is 0.142 e. The van der Waals surface area contributed by atoms with Gasteiger partial charge in [0.25, 0.3) is 0 Å². The van der Waals surface area contributed by atoms with Gasteiger partial charge in [0.1, 0.15) is 5.75 Å². The van der Waals surface area contributed by atoms with Gasteiger partial charge < -0.3 is 20.7 Å². The van der Waals surface area contributed by atoms with Crippen molar-refractivity contribution in [2.24, 2.45) is 5.73 Å². The molecule has 1 atom stereocenters. The second-order valence-corrected chi connectivity index (χ2v) is 4.23. The molecule has 1 aliphatic heterocycles. The third-order valence-corrected chi connectivity index (χ3v) is 3.05. The van der Waals surface area contributed by atoms with E-state index in [9.17, 15) is 0 Å². The van der Waals surface area contributed by atoms with Crippen LogP contribution in [0.4, 0.5) is 5.69 Å². The summed E-state index contributed by atoms with van der Waals surface area (Å²) < 4.78 is 5.67. The summed E-state index contributed by atoms with van der Waals surface area (Å²) in [7, 11) is 0. The molecule has 1 unspecified atom stereocenters. The lowest BCUT2D eigenvalue weighted by atomic mass is 10.1. The highest BCUT2D eigenvalue weighted by Gasteiger charge is 2.20. The smallest absolute Gasteiger partial charge is 0.142 e. The molecule has 17 heavy (non-hydrogen) atoms.